The Morgan fingerprint density at radius 2 is 1.81 bits per heavy atom. The molecule has 0 heterocycles. The van der Waals surface area contributed by atoms with Crippen LogP contribution in [0.5, 0.6) is 0 Å². The summed E-state index contributed by atoms with van der Waals surface area (Å²) >= 11 is 12.3. The van der Waals surface area contributed by atoms with Crippen LogP contribution in [0.1, 0.15) is 28.9 Å². The first kappa shape index (κ1) is 15.7. The number of nitrogen functional groups attached to an aromatic ring is 1. The molecule has 5 heteroatoms. The molecule has 0 radical (unpaired) electrons. The molecule has 0 saturated carbocycles. The second-order valence-corrected chi connectivity index (χ2v) is 5.61. The van der Waals surface area contributed by atoms with Gasteiger partial charge in [0.25, 0.3) is 5.91 Å². The average Bonchev–Trinajstić information content (AvgIpc) is 2.48. The Morgan fingerprint density at radius 3 is 2.48 bits per heavy atom. The summed E-state index contributed by atoms with van der Waals surface area (Å²) in [6.07, 6.45) is 0. The van der Waals surface area contributed by atoms with Gasteiger partial charge in [0.15, 0.2) is 0 Å². The van der Waals surface area contributed by atoms with Crippen molar-refractivity contribution in [1.29, 1.82) is 0 Å². The zero-order chi connectivity index (χ0) is 15.6. The number of nitrogens with zero attached hydrogens (tertiary/aromatic N) is 1. The van der Waals surface area contributed by atoms with Gasteiger partial charge < -0.3 is 10.6 Å². The number of halogens is 2. The van der Waals surface area contributed by atoms with Crippen molar-refractivity contribution in [3.63, 3.8) is 0 Å². The average molecular weight is 323 g/mol. The third-order valence-electron chi connectivity index (χ3n) is 3.52. The van der Waals surface area contributed by atoms with Crippen LogP contribution in [0.15, 0.2) is 42.5 Å². The van der Waals surface area contributed by atoms with Crippen LogP contribution in [0, 0.1) is 0 Å². The van der Waals surface area contributed by atoms with Gasteiger partial charge in [0.05, 0.1) is 22.3 Å². The van der Waals surface area contributed by atoms with Crippen molar-refractivity contribution < 1.29 is 4.79 Å². The van der Waals surface area contributed by atoms with Gasteiger partial charge in [-0.1, -0.05) is 47.5 Å². The SMILES string of the molecule is CC(c1ccccc1Cl)N(C)C(=O)c1cccc(N)c1Cl. The van der Waals surface area contributed by atoms with Gasteiger partial charge in [-0.15, -0.1) is 0 Å². The zero-order valence-corrected chi connectivity index (χ0v) is 13.3. The van der Waals surface area contributed by atoms with E-state index in [4.69, 9.17) is 28.9 Å². The molecular weight excluding hydrogens is 307 g/mol. The fraction of sp³-hybridized carbons (Fsp3) is 0.188. The molecule has 0 bridgehead atoms. The molecular formula is C16H16Cl2N2O. The van der Waals surface area contributed by atoms with Gasteiger partial charge in [-0.3, -0.25) is 4.79 Å². The standard InChI is InChI=1S/C16H16Cl2N2O/c1-10(11-6-3-4-8-13(11)17)20(2)16(21)12-7-5-9-14(19)15(12)18/h3-10H,19H2,1-2H3. The lowest BCUT2D eigenvalue weighted by atomic mass is 10.1. The normalized spacial score (nSPS) is 12.0. The van der Waals surface area contributed by atoms with Gasteiger partial charge in [-0.2, -0.15) is 0 Å². The molecule has 110 valence electrons. The van der Waals surface area contributed by atoms with Crippen molar-refractivity contribution in [2.24, 2.45) is 0 Å². The van der Waals surface area contributed by atoms with E-state index in [1.165, 1.54) is 0 Å². The van der Waals surface area contributed by atoms with Crippen molar-refractivity contribution in [2.45, 2.75) is 13.0 Å². The number of benzene rings is 2. The summed E-state index contributed by atoms with van der Waals surface area (Å²) in [6.45, 7) is 1.92. The molecule has 21 heavy (non-hydrogen) atoms. The number of amides is 1. The molecule has 0 aliphatic rings. The van der Waals surface area contributed by atoms with Crippen LogP contribution < -0.4 is 5.73 Å². The topological polar surface area (TPSA) is 46.3 Å². The maximum absolute atomic E-state index is 12.6. The fourth-order valence-corrected chi connectivity index (χ4v) is 2.60. The van der Waals surface area contributed by atoms with Crippen LogP contribution in [0.25, 0.3) is 0 Å². The maximum atomic E-state index is 12.6. The lowest BCUT2D eigenvalue weighted by molar-refractivity contribution is 0.0743. The predicted octanol–water partition coefficient (Wildman–Crippen LogP) is 4.41. The first-order valence-corrected chi connectivity index (χ1v) is 7.24. The van der Waals surface area contributed by atoms with Gasteiger partial charge in [-0.05, 0) is 30.7 Å². The number of rotatable bonds is 3. The van der Waals surface area contributed by atoms with E-state index in [1.807, 2.05) is 25.1 Å². The highest BCUT2D eigenvalue weighted by Gasteiger charge is 2.22. The van der Waals surface area contributed by atoms with E-state index in [0.717, 1.165) is 5.56 Å². The Bertz CT molecular complexity index is 673. The summed E-state index contributed by atoms with van der Waals surface area (Å²) in [6, 6.07) is 12.3. The molecule has 1 unspecified atom stereocenters. The van der Waals surface area contributed by atoms with Gasteiger partial charge in [0.2, 0.25) is 0 Å². The first-order valence-electron chi connectivity index (χ1n) is 6.49. The quantitative estimate of drug-likeness (QED) is 0.851. The van der Waals surface area contributed by atoms with Crippen molar-refractivity contribution in [3.8, 4) is 0 Å². The van der Waals surface area contributed by atoms with Crippen molar-refractivity contribution in [3.05, 3.63) is 63.6 Å². The van der Waals surface area contributed by atoms with Crippen LogP contribution in [0.4, 0.5) is 5.69 Å². The van der Waals surface area contributed by atoms with E-state index in [-0.39, 0.29) is 17.0 Å². The third-order valence-corrected chi connectivity index (χ3v) is 4.28. The highest BCUT2D eigenvalue weighted by atomic mass is 35.5. The molecule has 0 spiro atoms. The minimum absolute atomic E-state index is 0.177. The molecule has 0 saturated heterocycles. The minimum Gasteiger partial charge on any atom is -0.398 e. The molecule has 0 aromatic heterocycles. The number of hydrogen-bond acceptors (Lipinski definition) is 2. The number of carbonyl (C=O) groups is 1. The number of hydrogen-bond donors (Lipinski definition) is 1. The van der Waals surface area contributed by atoms with Gasteiger partial charge in [0.1, 0.15) is 0 Å². The lowest BCUT2D eigenvalue weighted by Gasteiger charge is -2.26. The smallest absolute Gasteiger partial charge is 0.255 e. The third kappa shape index (κ3) is 3.14. The fourth-order valence-electron chi connectivity index (χ4n) is 2.10. The van der Waals surface area contributed by atoms with Crippen molar-refractivity contribution in [2.75, 3.05) is 12.8 Å². The first-order chi connectivity index (χ1) is 9.93. The Balaban J connectivity index is 2.31. The summed E-state index contributed by atoms with van der Waals surface area (Å²) in [4.78, 5) is 14.2. The van der Waals surface area contributed by atoms with Gasteiger partial charge in [-0.25, -0.2) is 0 Å². The van der Waals surface area contributed by atoms with Crippen molar-refractivity contribution >= 4 is 34.8 Å². The zero-order valence-electron chi connectivity index (χ0n) is 11.8. The predicted molar refractivity (Wildman–Crippen MR) is 87.8 cm³/mol. The van der Waals surface area contributed by atoms with Crippen LogP contribution in [-0.2, 0) is 0 Å². The molecule has 2 aromatic rings. The molecule has 1 atom stereocenters. The Hall–Kier alpha value is -1.71. The van der Waals surface area contributed by atoms with E-state index in [9.17, 15) is 4.79 Å². The van der Waals surface area contributed by atoms with Crippen LogP contribution >= 0.6 is 23.2 Å². The molecule has 2 rings (SSSR count). The molecule has 3 nitrogen and oxygen atoms in total. The molecule has 0 aliphatic carbocycles. The van der Waals surface area contributed by atoms with Crippen molar-refractivity contribution in [1.82, 2.24) is 4.90 Å². The van der Waals surface area contributed by atoms with E-state index >= 15 is 0 Å². The monoisotopic (exact) mass is 322 g/mol. The van der Waals surface area contributed by atoms with E-state index in [1.54, 1.807) is 36.2 Å². The Labute approximate surface area is 134 Å². The highest BCUT2D eigenvalue weighted by molar-refractivity contribution is 6.36. The van der Waals surface area contributed by atoms with E-state index in [0.29, 0.717) is 16.3 Å². The molecule has 2 N–H and O–H groups in total. The second kappa shape index (κ2) is 6.37. The molecule has 0 aliphatic heterocycles. The summed E-state index contributed by atoms with van der Waals surface area (Å²) in [5.74, 6) is -0.195. The Kier molecular flexibility index (Phi) is 4.76. The number of carbonyl (C=O) groups excluding carboxylic acids is 1. The number of nitrogens with two attached hydrogens (primary N) is 1. The van der Waals surface area contributed by atoms with Crippen LogP contribution in [0.2, 0.25) is 10.0 Å². The summed E-state index contributed by atoms with van der Waals surface area (Å²) < 4.78 is 0. The van der Waals surface area contributed by atoms with Crippen LogP contribution in [-0.4, -0.2) is 17.9 Å². The minimum atomic E-state index is -0.195. The molecule has 0 fully saturated rings. The van der Waals surface area contributed by atoms with Gasteiger partial charge >= 0.3 is 0 Å². The van der Waals surface area contributed by atoms with E-state index < -0.39 is 0 Å². The molecule has 2 aromatic carbocycles. The summed E-state index contributed by atoms with van der Waals surface area (Å²) in [5, 5.41) is 0.907. The molecule has 1 amide bonds. The van der Waals surface area contributed by atoms with Crippen LogP contribution in [0.3, 0.4) is 0 Å². The summed E-state index contributed by atoms with van der Waals surface area (Å²) in [5.41, 5.74) is 7.41. The summed E-state index contributed by atoms with van der Waals surface area (Å²) in [7, 11) is 1.72. The maximum Gasteiger partial charge on any atom is 0.255 e. The van der Waals surface area contributed by atoms with E-state index in [2.05, 4.69) is 0 Å². The second-order valence-electron chi connectivity index (χ2n) is 4.82. The largest absolute Gasteiger partial charge is 0.398 e. The Morgan fingerprint density at radius 1 is 1.14 bits per heavy atom. The van der Waals surface area contributed by atoms with Gasteiger partial charge in [0, 0.05) is 12.1 Å². The lowest BCUT2D eigenvalue weighted by Crippen LogP contribution is -2.30. The number of anilines is 1. The highest BCUT2D eigenvalue weighted by Crippen LogP contribution is 2.29.